The molecule has 0 aliphatic carbocycles. The number of imidazole rings is 1. The van der Waals surface area contributed by atoms with E-state index in [0.717, 1.165) is 52.8 Å². The van der Waals surface area contributed by atoms with Crippen LogP contribution in [0.3, 0.4) is 0 Å². The lowest BCUT2D eigenvalue weighted by atomic mass is 10.3. The number of fused-ring (bicyclic) bond motifs is 2. The lowest BCUT2D eigenvalue weighted by Crippen LogP contribution is -2.47. The third kappa shape index (κ3) is 2.65. The first-order valence-corrected chi connectivity index (χ1v) is 9.72. The fourth-order valence-electron chi connectivity index (χ4n) is 3.19. The number of piperazine rings is 1. The topological polar surface area (TPSA) is 49.6 Å². The van der Waals surface area contributed by atoms with E-state index in [9.17, 15) is 0 Å². The number of hydrogen-bond donors (Lipinski definition) is 0. The molecule has 1 aliphatic heterocycles. The van der Waals surface area contributed by atoms with Crippen molar-refractivity contribution >= 4 is 54.1 Å². The maximum absolute atomic E-state index is 4.79. The average molecular weight is 415 g/mol. The van der Waals surface area contributed by atoms with Crippen LogP contribution in [0.1, 0.15) is 0 Å². The number of nitrogens with zero attached hydrogens (tertiary/aromatic N) is 6. The minimum Gasteiger partial charge on any atom is -0.350 e. The van der Waals surface area contributed by atoms with E-state index < -0.39 is 0 Å². The summed E-state index contributed by atoms with van der Waals surface area (Å²) in [6, 6.07) is 6.24. The van der Waals surface area contributed by atoms with Crippen molar-refractivity contribution in [3.05, 3.63) is 47.5 Å². The summed E-state index contributed by atoms with van der Waals surface area (Å²) in [7, 11) is 0. The molecule has 4 heterocycles. The van der Waals surface area contributed by atoms with Crippen molar-refractivity contribution in [2.24, 2.45) is 0 Å². The van der Waals surface area contributed by atoms with Crippen LogP contribution in [0.4, 0.5) is 10.9 Å². The Morgan fingerprint density at radius 2 is 1.72 bits per heavy atom. The van der Waals surface area contributed by atoms with Gasteiger partial charge < -0.3 is 14.2 Å². The molecule has 0 spiro atoms. The Kier molecular flexibility index (Phi) is 3.60. The summed E-state index contributed by atoms with van der Waals surface area (Å²) in [4.78, 5) is 18.4. The third-order valence-corrected chi connectivity index (χ3v) is 6.05. The lowest BCUT2D eigenvalue weighted by molar-refractivity contribution is 0.646. The number of rotatable bonds is 2. The Bertz CT molecular complexity index is 1050. The van der Waals surface area contributed by atoms with E-state index in [1.807, 2.05) is 35.3 Å². The number of thiazole rings is 1. The van der Waals surface area contributed by atoms with Gasteiger partial charge in [-0.25, -0.2) is 15.0 Å². The van der Waals surface area contributed by atoms with Crippen molar-refractivity contribution in [2.45, 2.75) is 0 Å². The van der Waals surface area contributed by atoms with E-state index >= 15 is 0 Å². The minimum absolute atomic E-state index is 0.916. The van der Waals surface area contributed by atoms with Crippen LogP contribution in [0.25, 0.3) is 15.9 Å². The molecule has 4 aromatic rings. The smallest absolute Gasteiger partial charge is 0.186 e. The fraction of sp³-hybridized carbons (Fsp3) is 0.235. The molecule has 126 valence electrons. The van der Waals surface area contributed by atoms with E-state index in [0.29, 0.717) is 0 Å². The molecular formula is C17H15BrN6S. The molecule has 25 heavy (non-hydrogen) atoms. The Balaban J connectivity index is 1.37. The highest BCUT2D eigenvalue weighted by Gasteiger charge is 2.22. The Hall–Kier alpha value is -2.19. The number of halogens is 1. The van der Waals surface area contributed by atoms with Gasteiger partial charge in [-0.05, 0) is 18.2 Å². The maximum Gasteiger partial charge on any atom is 0.186 e. The van der Waals surface area contributed by atoms with Crippen molar-refractivity contribution in [1.82, 2.24) is 19.4 Å². The predicted octanol–water partition coefficient (Wildman–Crippen LogP) is 3.43. The number of hydrogen-bond acceptors (Lipinski definition) is 6. The molecule has 0 N–H and O–H groups in total. The molecule has 8 heteroatoms. The number of anilines is 2. The first kappa shape index (κ1) is 15.1. The van der Waals surface area contributed by atoms with Gasteiger partial charge in [0.05, 0.1) is 10.2 Å². The third-order valence-electron chi connectivity index (χ3n) is 4.48. The summed E-state index contributed by atoms with van der Waals surface area (Å²) >= 11 is 5.28. The molecule has 1 fully saturated rings. The molecule has 5 rings (SSSR count). The predicted molar refractivity (Wildman–Crippen MR) is 105 cm³/mol. The number of benzene rings is 1. The molecule has 1 aliphatic rings. The Morgan fingerprint density at radius 3 is 2.56 bits per heavy atom. The second kappa shape index (κ2) is 5.96. The first-order valence-electron chi connectivity index (χ1n) is 8.11. The van der Waals surface area contributed by atoms with E-state index in [1.54, 1.807) is 11.3 Å². The van der Waals surface area contributed by atoms with Crippen LogP contribution in [0.2, 0.25) is 0 Å². The molecule has 0 radical (unpaired) electrons. The van der Waals surface area contributed by atoms with Gasteiger partial charge in [0.1, 0.15) is 0 Å². The van der Waals surface area contributed by atoms with Crippen molar-refractivity contribution in [1.29, 1.82) is 0 Å². The molecule has 0 unspecified atom stereocenters. The molecule has 0 bridgehead atoms. The van der Waals surface area contributed by atoms with Crippen LogP contribution in [-0.4, -0.2) is 45.5 Å². The zero-order valence-electron chi connectivity index (χ0n) is 13.3. The minimum atomic E-state index is 0.916. The average Bonchev–Trinajstić information content (AvgIpc) is 3.27. The first-order chi connectivity index (χ1) is 12.3. The van der Waals surface area contributed by atoms with Gasteiger partial charge in [-0.15, -0.1) is 0 Å². The fourth-order valence-corrected chi connectivity index (χ4v) is 4.76. The van der Waals surface area contributed by atoms with Gasteiger partial charge in [0, 0.05) is 55.4 Å². The van der Waals surface area contributed by atoms with Crippen molar-refractivity contribution in [3.63, 3.8) is 0 Å². The highest BCUT2D eigenvalue weighted by Crippen LogP contribution is 2.31. The van der Waals surface area contributed by atoms with Crippen LogP contribution in [0, 0.1) is 0 Å². The SMILES string of the molecule is Brc1ccc2nc(N3CCN(c4nccn5ccnc45)CC3)sc2c1. The summed E-state index contributed by atoms with van der Waals surface area (Å²) < 4.78 is 4.33. The van der Waals surface area contributed by atoms with Crippen LogP contribution in [-0.2, 0) is 0 Å². The highest BCUT2D eigenvalue weighted by atomic mass is 79.9. The van der Waals surface area contributed by atoms with E-state index in [4.69, 9.17) is 4.98 Å². The second-order valence-electron chi connectivity index (χ2n) is 5.99. The summed E-state index contributed by atoms with van der Waals surface area (Å²) in [5.74, 6) is 0.959. The zero-order valence-corrected chi connectivity index (χ0v) is 15.7. The van der Waals surface area contributed by atoms with E-state index in [-0.39, 0.29) is 0 Å². The largest absolute Gasteiger partial charge is 0.350 e. The molecule has 0 atom stereocenters. The van der Waals surface area contributed by atoms with Crippen molar-refractivity contribution < 1.29 is 0 Å². The second-order valence-corrected chi connectivity index (χ2v) is 7.92. The molecule has 0 saturated carbocycles. The van der Waals surface area contributed by atoms with Gasteiger partial charge in [-0.2, -0.15) is 0 Å². The van der Waals surface area contributed by atoms with Gasteiger partial charge in [0.25, 0.3) is 0 Å². The van der Waals surface area contributed by atoms with Crippen LogP contribution >= 0.6 is 27.3 Å². The van der Waals surface area contributed by atoms with Crippen molar-refractivity contribution in [2.75, 3.05) is 36.0 Å². The van der Waals surface area contributed by atoms with Gasteiger partial charge in [-0.3, -0.25) is 0 Å². The molecule has 3 aromatic heterocycles. The molecular weight excluding hydrogens is 400 g/mol. The Labute approximate surface area is 156 Å². The molecule has 6 nitrogen and oxygen atoms in total. The normalized spacial score (nSPS) is 15.4. The maximum atomic E-state index is 4.79. The lowest BCUT2D eigenvalue weighted by Gasteiger charge is -2.35. The summed E-state index contributed by atoms with van der Waals surface area (Å²) in [5, 5.41) is 1.10. The van der Waals surface area contributed by atoms with Crippen LogP contribution < -0.4 is 9.80 Å². The summed E-state index contributed by atoms with van der Waals surface area (Å²) in [6.07, 6.45) is 7.54. The van der Waals surface area contributed by atoms with E-state index in [1.165, 1.54) is 4.70 Å². The van der Waals surface area contributed by atoms with Crippen LogP contribution in [0.5, 0.6) is 0 Å². The van der Waals surface area contributed by atoms with E-state index in [2.05, 4.69) is 47.8 Å². The number of aromatic nitrogens is 4. The van der Waals surface area contributed by atoms with Gasteiger partial charge in [0.2, 0.25) is 0 Å². The van der Waals surface area contributed by atoms with Gasteiger partial charge in [-0.1, -0.05) is 27.3 Å². The Morgan fingerprint density at radius 1 is 0.960 bits per heavy atom. The highest BCUT2D eigenvalue weighted by molar-refractivity contribution is 9.10. The standard InChI is InChI=1S/C17H15BrN6S/c18-12-1-2-13-14(11-12)25-17(21-13)24-9-7-23(8-10-24)16-15-19-3-5-22(15)6-4-20-16/h1-6,11H,7-10H2. The molecule has 1 aromatic carbocycles. The molecule has 0 amide bonds. The summed E-state index contributed by atoms with van der Waals surface area (Å²) in [5.41, 5.74) is 1.98. The van der Waals surface area contributed by atoms with Gasteiger partial charge in [0.15, 0.2) is 16.6 Å². The van der Waals surface area contributed by atoms with Gasteiger partial charge >= 0.3 is 0 Å². The van der Waals surface area contributed by atoms with Crippen molar-refractivity contribution in [3.8, 4) is 0 Å². The quantitative estimate of drug-likeness (QED) is 0.502. The van der Waals surface area contributed by atoms with Crippen LogP contribution in [0.15, 0.2) is 47.5 Å². The summed E-state index contributed by atoms with van der Waals surface area (Å²) in [6.45, 7) is 3.70. The zero-order chi connectivity index (χ0) is 16.8. The molecule has 1 saturated heterocycles. The monoisotopic (exact) mass is 414 g/mol.